The van der Waals surface area contributed by atoms with E-state index in [0.29, 0.717) is 18.7 Å². The van der Waals surface area contributed by atoms with Crippen LogP contribution in [0.2, 0.25) is 0 Å². The molecule has 4 nitrogen and oxygen atoms in total. The lowest BCUT2D eigenvalue weighted by Gasteiger charge is -2.09. The molecule has 0 aliphatic rings. The minimum Gasteiger partial charge on any atom is -0.463 e. The first-order valence-corrected chi connectivity index (χ1v) is 6.13. The second-order valence-electron chi connectivity index (χ2n) is 4.07. The van der Waals surface area contributed by atoms with Crippen LogP contribution in [0.15, 0.2) is 54.9 Å². The number of esters is 1. The Morgan fingerprint density at radius 3 is 2.79 bits per heavy atom. The smallest absolute Gasteiger partial charge is 0.335 e. The van der Waals surface area contributed by atoms with Crippen LogP contribution in [-0.2, 0) is 16.1 Å². The molecule has 0 aliphatic heterocycles. The molecule has 0 amide bonds. The van der Waals surface area contributed by atoms with E-state index in [4.69, 9.17) is 4.74 Å². The van der Waals surface area contributed by atoms with Crippen molar-refractivity contribution < 1.29 is 9.53 Å². The SMILES string of the molecule is C=C(Cn1ccnc1-c1ccccc1)C(=O)OCC. The van der Waals surface area contributed by atoms with Gasteiger partial charge in [-0.3, -0.25) is 0 Å². The predicted octanol–water partition coefficient (Wildman–Crippen LogP) is 2.67. The Morgan fingerprint density at radius 1 is 1.37 bits per heavy atom. The highest BCUT2D eigenvalue weighted by atomic mass is 16.5. The molecule has 0 aliphatic carbocycles. The van der Waals surface area contributed by atoms with Crippen molar-refractivity contribution in [2.24, 2.45) is 0 Å². The molecule has 0 radical (unpaired) electrons. The highest BCUT2D eigenvalue weighted by Crippen LogP contribution is 2.17. The van der Waals surface area contributed by atoms with Crippen LogP contribution in [0.1, 0.15) is 6.92 Å². The van der Waals surface area contributed by atoms with Gasteiger partial charge in [-0.1, -0.05) is 36.9 Å². The summed E-state index contributed by atoms with van der Waals surface area (Å²) in [4.78, 5) is 15.9. The molecule has 2 rings (SSSR count). The maximum absolute atomic E-state index is 11.6. The molecule has 0 saturated heterocycles. The van der Waals surface area contributed by atoms with E-state index in [1.165, 1.54) is 0 Å². The Labute approximate surface area is 112 Å². The van der Waals surface area contributed by atoms with Gasteiger partial charge in [-0.2, -0.15) is 0 Å². The van der Waals surface area contributed by atoms with E-state index in [1.807, 2.05) is 41.1 Å². The molecule has 0 bridgehead atoms. The van der Waals surface area contributed by atoms with E-state index in [9.17, 15) is 4.79 Å². The van der Waals surface area contributed by atoms with Crippen LogP contribution in [0.5, 0.6) is 0 Å². The van der Waals surface area contributed by atoms with Gasteiger partial charge in [0.15, 0.2) is 0 Å². The van der Waals surface area contributed by atoms with Gasteiger partial charge in [0, 0.05) is 23.5 Å². The minimum atomic E-state index is -0.366. The highest BCUT2D eigenvalue weighted by Gasteiger charge is 2.11. The van der Waals surface area contributed by atoms with Crippen LogP contribution in [0.25, 0.3) is 11.4 Å². The van der Waals surface area contributed by atoms with E-state index in [0.717, 1.165) is 11.4 Å². The molecule has 0 atom stereocenters. The van der Waals surface area contributed by atoms with Crippen molar-refractivity contribution in [3.05, 3.63) is 54.9 Å². The maximum atomic E-state index is 11.6. The number of aromatic nitrogens is 2. The summed E-state index contributed by atoms with van der Waals surface area (Å²) in [5, 5.41) is 0. The Bertz CT molecular complexity index is 573. The van der Waals surface area contributed by atoms with Crippen molar-refractivity contribution in [3.8, 4) is 11.4 Å². The molecule has 1 aromatic carbocycles. The first-order chi connectivity index (χ1) is 9.22. The van der Waals surface area contributed by atoms with E-state index < -0.39 is 0 Å². The standard InChI is InChI=1S/C15H16N2O2/c1-3-19-15(18)12(2)11-17-10-9-16-14(17)13-7-5-4-6-8-13/h4-10H,2-3,11H2,1H3. The Balaban J connectivity index is 2.17. The topological polar surface area (TPSA) is 44.1 Å². The molecule has 1 heterocycles. The summed E-state index contributed by atoms with van der Waals surface area (Å²) in [6.45, 7) is 6.27. The fourth-order valence-corrected chi connectivity index (χ4v) is 1.79. The number of rotatable bonds is 5. The lowest BCUT2D eigenvalue weighted by Crippen LogP contribution is -2.12. The number of benzene rings is 1. The molecule has 4 heteroatoms. The molecular weight excluding hydrogens is 240 g/mol. The van der Waals surface area contributed by atoms with E-state index in [2.05, 4.69) is 11.6 Å². The summed E-state index contributed by atoms with van der Waals surface area (Å²) in [5.41, 5.74) is 1.42. The minimum absolute atomic E-state index is 0.354. The number of nitrogens with zero attached hydrogens (tertiary/aromatic N) is 2. The summed E-state index contributed by atoms with van der Waals surface area (Å²) in [6.07, 6.45) is 3.54. The zero-order valence-corrected chi connectivity index (χ0v) is 10.9. The molecule has 98 valence electrons. The summed E-state index contributed by atoms with van der Waals surface area (Å²) in [5.74, 6) is 0.446. The van der Waals surface area contributed by atoms with Crippen molar-refractivity contribution >= 4 is 5.97 Å². The van der Waals surface area contributed by atoms with Gasteiger partial charge in [-0.15, -0.1) is 0 Å². The third-order valence-electron chi connectivity index (χ3n) is 2.67. The molecular formula is C15H16N2O2. The average molecular weight is 256 g/mol. The van der Waals surface area contributed by atoms with Crippen LogP contribution in [-0.4, -0.2) is 22.1 Å². The van der Waals surface area contributed by atoms with Gasteiger partial charge < -0.3 is 9.30 Å². The van der Waals surface area contributed by atoms with Crippen LogP contribution < -0.4 is 0 Å². The molecule has 1 aromatic heterocycles. The Kier molecular flexibility index (Phi) is 4.13. The van der Waals surface area contributed by atoms with Crippen molar-refractivity contribution in [1.29, 1.82) is 0 Å². The molecule has 0 fully saturated rings. The van der Waals surface area contributed by atoms with Crippen molar-refractivity contribution in [2.45, 2.75) is 13.5 Å². The third kappa shape index (κ3) is 3.10. The van der Waals surface area contributed by atoms with Gasteiger partial charge in [0.25, 0.3) is 0 Å². The van der Waals surface area contributed by atoms with Crippen molar-refractivity contribution in [1.82, 2.24) is 9.55 Å². The molecule has 0 spiro atoms. The zero-order chi connectivity index (χ0) is 13.7. The Hall–Kier alpha value is -2.36. The molecule has 0 N–H and O–H groups in total. The van der Waals surface area contributed by atoms with Gasteiger partial charge in [-0.25, -0.2) is 9.78 Å². The lowest BCUT2D eigenvalue weighted by molar-refractivity contribution is -0.138. The second-order valence-corrected chi connectivity index (χ2v) is 4.07. The predicted molar refractivity (Wildman–Crippen MR) is 73.4 cm³/mol. The van der Waals surface area contributed by atoms with Gasteiger partial charge in [0.2, 0.25) is 0 Å². The summed E-state index contributed by atoms with van der Waals surface area (Å²) >= 11 is 0. The van der Waals surface area contributed by atoms with Gasteiger partial charge in [0.05, 0.1) is 13.2 Å². The third-order valence-corrected chi connectivity index (χ3v) is 2.67. The van der Waals surface area contributed by atoms with Crippen LogP contribution in [0, 0.1) is 0 Å². The largest absolute Gasteiger partial charge is 0.463 e. The normalized spacial score (nSPS) is 10.2. The first kappa shape index (κ1) is 13.1. The number of carbonyl (C=O) groups excluding carboxylic acids is 1. The monoisotopic (exact) mass is 256 g/mol. The van der Waals surface area contributed by atoms with Gasteiger partial charge in [0.1, 0.15) is 5.82 Å². The van der Waals surface area contributed by atoms with Gasteiger partial charge in [-0.05, 0) is 6.92 Å². The average Bonchev–Trinajstić information content (AvgIpc) is 2.88. The van der Waals surface area contributed by atoms with Crippen LogP contribution >= 0.6 is 0 Å². The summed E-state index contributed by atoms with van der Waals surface area (Å²) < 4.78 is 6.81. The molecule has 0 unspecified atom stereocenters. The van der Waals surface area contributed by atoms with Crippen LogP contribution in [0.4, 0.5) is 0 Å². The van der Waals surface area contributed by atoms with Crippen molar-refractivity contribution in [2.75, 3.05) is 6.61 Å². The molecule has 19 heavy (non-hydrogen) atoms. The second kappa shape index (κ2) is 6.00. The fraction of sp³-hybridized carbons (Fsp3) is 0.200. The van der Waals surface area contributed by atoms with E-state index in [1.54, 1.807) is 13.1 Å². The van der Waals surface area contributed by atoms with Crippen LogP contribution in [0.3, 0.4) is 0 Å². The quantitative estimate of drug-likeness (QED) is 0.610. The summed E-state index contributed by atoms with van der Waals surface area (Å²) in [6, 6.07) is 9.81. The molecule has 2 aromatic rings. The van der Waals surface area contributed by atoms with Crippen molar-refractivity contribution in [3.63, 3.8) is 0 Å². The molecule has 0 saturated carbocycles. The first-order valence-electron chi connectivity index (χ1n) is 6.13. The maximum Gasteiger partial charge on any atom is 0.335 e. The number of hydrogen-bond donors (Lipinski definition) is 0. The number of carbonyl (C=O) groups is 1. The number of imidazole rings is 1. The summed E-state index contributed by atoms with van der Waals surface area (Å²) in [7, 11) is 0. The number of hydrogen-bond acceptors (Lipinski definition) is 3. The zero-order valence-electron chi connectivity index (χ0n) is 10.9. The van der Waals surface area contributed by atoms with E-state index >= 15 is 0 Å². The number of ether oxygens (including phenoxy) is 1. The fourth-order valence-electron chi connectivity index (χ4n) is 1.79. The lowest BCUT2D eigenvalue weighted by atomic mass is 10.2. The van der Waals surface area contributed by atoms with E-state index in [-0.39, 0.29) is 5.97 Å². The Morgan fingerprint density at radius 2 is 2.11 bits per heavy atom. The highest BCUT2D eigenvalue weighted by molar-refractivity contribution is 5.87. The van der Waals surface area contributed by atoms with Gasteiger partial charge >= 0.3 is 5.97 Å².